The number of nitrogens with zero attached hydrogens (tertiary/aromatic N) is 2. The molecule has 21 heavy (non-hydrogen) atoms. The van der Waals surface area contributed by atoms with Crippen molar-refractivity contribution in [3.05, 3.63) is 33.9 Å². The van der Waals surface area contributed by atoms with Crippen LogP contribution in [0.15, 0.2) is 18.2 Å². The van der Waals surface area contributed by atoms with E-state index >= 15 is 0 Å². The van der Waals surface area contributed by atoms with Crippen LogP contribution in [0, 0.1) is 16.0 Å². The molecule has 1 N–H and O–H groups in total. The van der Waals surface area contributed by atoms with Gasteiger partial charge < -0.3 is 5.32 Å². The fraction of sp³-hybridized carbons (Fsp3) is 0.625. The topological polar surface area (TPSA) is 58.4 Å². The third-order valence-corrected chi connectivity index (χ3v) is 4.08. The van der Waals surface area contributed by atoms with Crippen LogP contribution < -0.4 is 5.32 Å². The summed E-state index contributed by atoms with van der Waals surface area (Å²) >= 11 is 0. The molecule has 0 aromatic heterocycles. The molecule has 0 saturated heterocycles. The van der Waals surface area contributed by atoms with Crippen molar-refractivity contribution in [1.82, 2.24) is 4.90 Å². The second kappa shape index (κ2) is 8.62. The van der Waals surface area contributed by atoms with Crippen molar-refractivity contribution < 1.29 is 4.92 Å². The lowest BCUT2D eigenvalue weighted by atomic mass is 10.0. The van der Waals surface area contributed by atoms with E-state index < -0.39 is 0 Å². The van der Waals surface area contributed by atoms with Crippen LogP contribution in [0.1, 0.15) is 39.2 Å². The third-order valence-electron chi connectivity index (χ3n) is 4.08. The summed E-state index contributed by atoms with van der Waals surface area (Å²) in [5, 5.41) is 14.1. The zero-order valence-electron chi connectivity index (χ0n) is 13.6. The van der Waals surface area contributed by atoms with Gasteiger partial charge in [-0.2, -0.15) is 0 Å². The van der Waals surface area contributed by atoms with Crippen molar-refractivity contribution in [3.8, 4) is 0 Å². The lowest BCUT2D eigenvalue weighted by Gasteiger charge is -2.26. The van der Waals surface area contributed by atoms with Gasteiger partial charge in [0.1, 0.15) is 0 Å². The Morgan fingerprint density at radius 1 is 1.29 bits per heavy atom. The first-order chi connectivity index (χ1) is 10.0. The van der Waals surface area contributed by atoms with E-state index in [1.54, 1.807) is 18.2 Å². The summed E-state index contributed by atoms with van der Waals surface area (Å²) in [6, 6.07) is 5.02. The smallest absolute Gasteiger partial charge is 0.269 e. The molecule has 0 unspecified atom stereocenters. The maximum absolute atomic E-state index is 11.0. The number of nitro benzene ring substituents is 1. The van der Waals surface area contributed by atoms with Crippen molar-refractivity contribution in [2.75, 3.05) is 25.5 Å². The van der Waals surface area contributed by atoms with Gasteiger partial charge in [0.05, 0.1) is 4.92 Å². The van der Waals surface area contributed by atoms with Crippen LogP contribution >= 0.6 is 0 Å². The highest BCUT2D eigenvalue weighted by molar-refractivity contribution is 5.55. The van der Waals surface area contributed by atoms with Gasteiger partial charge in [-0.1, -0.05) is 33.6 Å². The molecule has 0 saturated carbocycles. The molecule has 1 aromatic rings. The summed E-state index contributed by atoms with van der Waals surface area (Å²) in [5.41, 5.74) is 2.10. The van der Waals surface area contributed by atoms with Gasteiger partial charge in [-0.05, 0) is 24.1 Å². The fourth-order valence-electron chi connectivity index (χ4n) is 2.53. The largest absolute Gasteiger partial charge is 0.388 e. The van der Waals surface area contributed by atoms with Gasteiger partial charge in [-0.25, -0.2) is 0 Å². The summed E-state index contributed by atoms with van der Waals surface area (Å²) in [7, 11) is 1.85. The molecule has 0 heterocycles. The monoisotopic (exact) mass is 293 g/mol. The highest BCUT2D eigenvalue weighted by atomic mass is 16.6. The van der Waals surface area contributed by atoms with E-state index in [9.17, 15) is 10.1 Å². The lowest BCUT2D eigenvalue weighted by Crippen LogP contribution is -2.29. The third kappa shape index (κ3) is 5.01. The molecular weight excluding hydrogens is 266 g/mol. The molecule has 0 spiro atoms. The van der Waals surface area contributed by atoms with E-state index in [0.717, 1.165) is 30.9 Å². The van der Waals surface area contributed by atoms with Gasteiger partial charge in [0.25, 0.3) is 5.69 Å². The molecule has 0 radical (unpaired) electrons. The Balaban J connectivity index is 2.91. The zero-order valence-corrected chi connectivity index (χ0v) is 13.6. The predicted molar refractivity (Wildman–Crippen MR) is 87.7 cm³/mol. The molecule has 5 nitrogen and oxygen atoms in total. The highest BCUT2D eigenvalue weighted by Crippen LogP contribution is 2.24. The summed E-state index contributed by atoms with van der Waals surface area (Å²) < 4.78 is 0. The van der Waals surface area contributed by atoms with Gasteiger partial charge in [0.15, 0.2) is 0 Å². The van der Waals surface area contributed by atoms with Crippen LogP contribution in [-0.2, 0) is 6.54 Å². The number of anilines is 1. The van der Waals surface area contributed by atoms with E-state index in [-0.39, 0.29) is 10.6 Å². The average Bonchev–Trinajstić information content (AvgIpc) is 2.50. The molecule has 0 aliphatic heterocycles. The minimum Gasteiger partial charge on any atom is -0.388 e. The van der Waals surface area contributed by atoms with E-state index in [0.29, 0.717) is 5.92 Å². The van der Waals surface area contributed by atoms with Gasteiger partial charge in [-0.15, -0.1) is 0 Å². The van der Waals surface area contributed by atoms with E-state index in [2.05, 4.69) is 31.0 Å². The van der Waals surface area contributed by atoms with Gasteiger partial charge in [-0.3, -0.25) is 15.0 Å². The number of benzene rings is 1. The van der Waals surface area contributed by atoms with E-state index in [1.807, 2.05) is 7.05 Å². The van der Waals surface area contributed by atoms with Gasteiger partial charge >= 0.3 is 0 Å². The number of nitrogens with one attached hydrogen (secondary N) is 1. The van der Waals surface area contributed by atoms with Gasteiger partial charge in [0.2, 0.25) is 0 Å². The Morgan fingerprint density at radius 3 is 2.43 bits per heavy atom. The number of non-ortho nitro benzene ring substituents is 1. The lowest BCUT2D eigenvalue weighted by molar-refractivity contribution is -0.384. The number of nitro groups is 1. The Kier molecular flexibility index (Phi) is 7.15. The van der Waals surface area contributed by atoms with Gasteiger partial charge in [0, 0.05) is 38.0 Å². The molecule has 0 atom stereocenters. The van der Waals surface area contributed by atoms with E-state index in [1.165, 1.54) is 12.8 Å². The summed E-state index contributed by atoms with van der Waals surface area (Å²) in [5.74, 6) is 0.682. The molecule has 0 aliphatic carbocycles. The summed E-state index contributed by atoms with van der Waals surface area (Å²) in [6.45, 7) is 9.30. The fourth-order valence-corrected chi connectivity index (χ4v) is 2.53. The van der Waals surface area contributed by atoms with Crippen molar-refractivity contribution in [3.63, 3.8) is 0 Å². The molecule has 1 aromatic carbocycles. The minimum atomic E-state index is -0.333. The van der Waals surface area contributed by atoms with Crippen LogP contribution in [0.3, 0.4) is 0 Å². The second-order valence-corrected chi connectivity index (χ2v) is 5.36. The second-order valence-electron chi connectivity index (χ2n) is 5.36. The van der Waals surface area contributed by atoms with Crippen molar-refractivity contribution in [2.45, 2.75) is 40.2 Å². The Hall–Kier alpha value is -1.62. The standard InChI is InChI=1S/C16H27N3O2/c1-5-13(6-2)11-18(7-3)12-14-10-15(19(20)21)8-9-16(14)17-4/h8-10,13,17H,5-7,11-12H2,1-4H3. The highest BCUT2D eigenvalue weighted by Gasteiger charge is 2.15. The van der Waals surface area contributed by atoms with Crippen molar-refractivity contribution in [1.29, 1.82) is 0 Å². The number of rotatable bonds is 9. The van der Waals surface area contributed by atoms with Crippen molar-refractivity contribution >= 4 is 11.4 Å². The first-order valence-electron chi connectivity index (χ1n) is 7.73. The molecule has 1 rings (SSSR count). The Labute approximate surface area is 127 Å². The number of hydrogen-bond donors (Lipinski definition) is 1. The quantitative estimate of drug-likeness (QED) is 0.554. The minimum absolute atomic E-state index is 0.155. The van der Waals surface area contributed by atoms with Crippen LogP contribution in [-0.4, -0.2) is 30.0 Å². The first-order valence-corrected chi connectivity index (χ1v) is 7.73. The molecule has 0 aliphatic rings. The number of hydrogen-bond acceptors (Lipinski definition) is 4. The van der Waals surface area contributed by atoms with E-state index in [4.69, 9.17) is 0 Å². The van der Waals surface area contributed by atoms with Crippen molar-refractivity contribution in [2.24, 2.45) is 5.92 Å². The first kappa shape index (κ1) is 17.4. The SMILES string of the molecule is CCC(CC)CN(CC)Cc1cc([N+](=O)[O-])ccc1NC. The molecule has 0 bridgehead atoms. The molecule has 0 fully saturated rings. The Morgan fingerprint density at radius 2 is 1.95 bits per heavy atom. The molecular formula is C16H27N3O2. The van der Waals surface area contributed by atoms with Crippen LogP contribution in [0.25, 0.3) is 0 Å². The van der Waals surface area contributed by atoms with Crippen LogP contribution in [0.2, 0.25) is 0 Å². The van der Waals surface area contributed by atoms with Crippen LogP contribution in [0.4, 0.5) is 11.4 Å². The summed E-state index contributed by atoms with van der Waals surface area (Å²) in [4.78, 5) is 13.0. The molecule has 118 valence electrons. The molecule has 0 amide bonds. The molecule has 5 heteroatoms. The maximum atomic E-state index is 11.0. The Bertz CT molecular complexity index is 459. The normalized spacial score (nSPS) is 11.1. The zero-order chi connectivity index (χ0) is 15.8. The average molecular weight is 293 g/mol. The van der Waals surface area contributed by atoms with Crippen LogP contribution in [0.5, 0.6) is 0 Å². The summed E-state index contributed by atoms with van der Waals surface area (Å²) in [6.07, 6.45) is 2.33. The predicted octanol–water partition coefficient (Wildman–Crippen LogP) is 3.89. The maximum Gasteiger partial charge on any atom is 0.269 e.